The number of esters is 1. The molecule has 1 atom stereocenters. The van der Waals surface area contributed by atoms with Crippen LogP contribution in [-0.2, 0) is 10.2 Å². The average molecular weight is 253 g/mol. The number of rotatable bonds is 2. The number of fused-ring (bicyclic) bond motifs is 1. The monoisotopic (exact) mass is 253 g/mol. The van der Waals surface area contributed by atoms with Gasteiger partial charge >= 0.3 is 5.97 Å². The molecule has 0 radical (unpaired) electrons. The summed E-state index contributed by atoms with van der Waals surface area (Å²) >= 11 is 1.55. The third kappa shape index (κ3) is 1.84. The highest BCUT2D eigenvalue weighted by molar-refractivity contribution is 7.16. The summed E-state index contributed by atoms with van der Waals surface area (Å²) < 4.78 is 5.10. The predicted octanol–water partition coefficient (Wildman–Crippen LogP) is 3.29. The highest BCUT2D eigenvalue weighted by Crippen LogP contribution is 2.52. The van der Waals surface area contributed by atoms with Crippen LogP contribution >= 0.6 is 11.3 Å². The van der Waals surface area contributed by atoms with Gasteiger partial charge in [0.1, 0.15) is 5.00 Å². The number of anilines is 1. The summed E-state index contributed by atoms with van der Waals surface area (Å²) in [5.74, 6) is 0.111. The molecule has 3 nitrogen and oxygen atoms in total. The smallest absolute Gasteiger partial charge is 0.341 e. The number of ether oxygens (including phenoxy) is 1. The van der Waals surface area contributed by atoms with E-state index in [1.807, 2.05) is 6.92 Å². The molecule has 1 unspecified atom stereocenters. The van der Waals surface area contributed by atoms with Gasteiger partial charge in [-0.1, -0.05) is 20.8 Å². The first-order valence-corrected chi connectivity index (χ1v) is 6.80. The molecule has 1 heterocycles. The normalized spacial score (nSPS) is 21.3. The number of hydrogen-bond acceptors (Lipinski definition) is 4. The zero-order chi connectivity index (χ0) is 12.8. The molecule has 0 aromatic carbocycles. The maximum Gasteiger partial charge on any atom is 0.341 e. The van der Waals surface area contributed by atoms with Gasteiger partial charge in [0, 0.05) is 10.3 Å². The van der Waals surface area contributed by atoms with E-state index in [4.69, 9.17) is 10.5 Å². The largest absolute Gasteiger partial charge is 0.462 e. The average Bonchev–Trinajstić information content (AvgIpc) is 2.64. The second-order valence-electron chi connectivity index (χ2n) is 5.29. The highest BCUT2D eigenvalue weighted by Gasteiger charge is 2.41. The lowest BCUT2D eigenvalue weighted by atomic mass is 9.91. The molecule has 0 aliphatic heterocycles. The minimum Gasteiger partial charge on any atom is -0.462 e. The predicted molar refractivity (Wildman–Crippen MR) is 70.7 cm³/mol. The van der Waals surface area contributed by atoms with E-state index in [0.29, 0.717) is 23.1 Å². The maximum atomic E-state index is 11.9. The topological polar surface area (TPSA) is 52.3 Å². The van der Waals surface area contributed by atoms with Gasteiger partial charge in [-0.3, -0.25) is 0 Å². The highest BCUT2D eigenvalue weighted by atomic mass is 32.1. The first kappa shape index (κ1) is 12.4. The molecule has 0 fully saturated rings. The van der Waals surface area contributed by atoms with Crippen LogP contribution in [-0.4, -0.2) is 12.6 Å². The zero-order valence-corrected chi connectivity index (χ0v) is 11.6. The molecule has 2 N–H and O–H groups in total. The van der Waals surface area contributed by atoms with Crippen molar-refractivity contribution in [3.8, 4) is 0 Å². The van der Waals surface area contributed by atoms with E-state index in [0.717, 1.165) is 12.0 Å². The van der Waals surface area contributed by atoms with Crippen LogP contribution in [0.5, 0.6) is 0 Å². The molecule has 1 aromatic heterocycles. The number of nitrogen functional groups attached to an aromatic ring is 1. The van der Waals surface area contributed by atoms with Crippen molar-refractivity contribution < 1.29 is 9.53 Å². The molecule has 4 heteroatoms. The minimum atomic E-state index is -0.271. The fourth-order valence-electron chi connectivity index (χ4n) is 2.81. The van der Waals surface area contributed by atoms with Gasteiger partial charge in [0.05, 0.1) is 12.2 Å². The Hall–Kier alpha value is -1.03. The Morgan fingerprint density at radius 2 is 2.24 bits per heavy atom. The summed E-state index contributed by atoms with van der Waals surface area (Å²) in [6.07, 6.45) is 1.07. The molecule has 1 aliphatic carbocycles. The van der Waals surface area contributed by atoms with Gasteiger partial charge in [0.2, 0.25) is 0 Å². The fourth-order valence-corrected chi connectivity index (χ4v) is 4.10. The number of carbonyl (C=O) groups is 1. The van der Waals surface area contributed by atoms with Crippen LogP contribution in [0.25, 0.3) is 0 Å². The van der Waals surface area contributed by atoms with E-state index in [2.05, 4.69) is 20.8 Å². The van der Waals surface area contributed by atoms with Gasteiger partial charge in [0.25, 0.3) is 0 Å². The third-order valence-corrected chi connectivity index (χ3v) is 4.78. The maximum absolute atomic E-state index is 11.9. The Balaban J connectivity index is 2.53. The van der Waals surface area contributed by atoms with Crippen molar-refractivity contribution in [1.82, 2.24) is 0 Å². The molecule has 0 bridgehead atoms. The Morgan fingerprint density at radius 3 is 2.82 bits per heavy atom. The lowest BCUT2D eigenvalue weighted by Gasteiger charge is -2.17. The number of carbonyl (C=O) groups excluding carboxylic acids is 1. The van der Waals surface area contributed by atoms with Crippen LogP contribution in [0, 0.1) is 0 Å². The van der Waals surface area contributed by atoms with Crippen LogP contribution in [0.2, 0.25) is 0 Å². The zero-order valence-electron chi connectivity index (χ0n) is 10.8. The van der Waals surface area contributed by atoms with Crippen molar-refractivity contribution in [3.05, 3.63) is 16.0 Å². The Bertz CT molecular complexity index is 462. The summed E-state index contributed by atoms with van der Waals surface area (Å²) in [5.41, 5.74) is 7.84. The van der Waals surface area contributed by atoms with E-state index < -0.39 is 0 Å². The lowest BCUT2D eigenvalue weighted by molar-refractivity contribution is 0.0526. The number of thiophene rings is 1. The summed E-state index contributed by atoms with van der Waals surface area (Å²) in [6, 6.07) is 0. The van der Waals surface area contributed by atoms with E-state index in [9.17, 15) is 4.79 Å². The first-order valence-electron chi connectivity index (χ1n) is 5.98. The standard InChI is InChI=1S/C13H19NO2S/c1-5-16-12(15)9-8-7(2)6-13(3,4)10(8)17-11(9)14/h7H,5-6,14H2,1-4H3. The molecule has 0 amide bonds. The molecular weight excluding hydrogens is 234 g/mol. The third-order valence-electron chi connectivity index (χ3n) is 3.38. The molecule has 1 aromatic rings. The van der Waals surface area contributed by atoms with Gasteiger partial charge in [-0.2, -0.15) is 0 Å². The van der Waals surface area contributed by atoms with Crippen LogP contribution in [0.3, 0.4) is 0 Å². The van der Waals surface area contributed by atoms with Crippen LogP contribution in [0.4, 0.5) is 5.00 Å². The summed E-state index contributed by atoms with van der Waals surface area (Å²) in [5, 5.41) is 0.605. The molecule has 0 spiro atoms. The summed E-state index contributed by atoms with van der Waals surface area (Å²) in [4.78, 5) is 13.2. The van der Waals surface area contributed by atoms with Crippen LogP contribution in [0.15, 0.2) is 0 Å². The van der Waals surface area contributed by atoms with Crippen LogP contribution in [0.1, 0.15) is 60.8 Å². The molecule has 94 valence electrons. The van der Waals surface area contributed by atoms with Crippen molar-refractivity contribution in [2.45, 2.75) is 45.4 Å². The summed E-state index contributed by atoms with van der Waals surface area (Å²) in [6.45, 7) is 8.78. The van der Waals surface area contributed by atoms with Crippen LogP contribution < -0.4 is 5.73 Å². The lowest BCUT2D eigenvalue weighted by Crippen LogP contribution is -2.10. The quantitative estimate of drug-likeness (QED) is 0.823. The van der Waals surface area contributed by atoms with Gasteiger partial charge in [-0.05, 0) is 24.8 Å². The molecule has 1 aliphatic rings. The first-order chi connectivity index (χ1) is 7.88. The van der Waals surface area contributed by atoms with Crippen molar-refractivity contribution in [1.29, 1.82) is 0 Å². The van der Waals surface area contributed by atoms with Crippen molar-refractivity contribution >= 4 is 22.3 Å². The van der Waals surface area contributed by atoms with Gasteiger partial charge in [-0.25, -0.2) is 4.79 Å². The Kier molecular flexibility index (Phi) is 2.94. The van der Waals surface area contributed by atoms with Crippen molar-refractivity contribution in [2.24, 2.45) is 0 Å². The number of nitrogens with two attached hydrogens (primary N) is 1. The fraction of sp³-hybridized carbons (Fsp3) is 0.615. The minimum absolute atomic E-state index is 0.123. The molecule has 2 rings (SSSR count). The second kappa shape index (κ2) is 4.02. The van der Waals surface area contributed by atoms with Gasteiger partial charge < -0.3 is 10.5 Å². The van der Waals surface area contributed by atoms with Gasteiger partial charge in [0.15, 0.2) is 0 Å². The second-order valence-corrected chi connectivity index (χ2v) is 6.35. The van der Waals surface area contributed by atoms with E-state index in [-0.39, 0.29) is 11.4 Å². The molecule has 0 saturated carbocycles. The molecule has 17 heavy (non-hydrogen) atoms. The van der Waals surface area contributed by atoms with E-state index in [1.165, 1.54) is 4.88 Å². The van der Waals surface area contributed by atoms with Crippen molar-refractivity contribution in [2.75, 3.05) is 12.3 Å². The molecule has 0 saturated heterocycles. The summed E-state index contributed by atoms with van der Waals surface area (Å²) in [7, 11) is 0. The Morgan fingerprint density at radius 1 is 1.59 bits per heavy atom. The number of hydrogen-bond donors (Lipinski definition) is 1. The molecular formula is C13H19NO2S. The van der Waals surface area contributed by atoms with E-state index in [1.54, 1.807) is 11.3 Å². The van der Waals surface area contributed by atoms with Gasteiger partial charge in [-0.15, -0.1) is 11.3 Å². The Labute approximate surface area is 106 Å². The van der Waals surface area contributed by atoms with E-state index >= 15 is 0 Å². The van der Waals surface area contributed by atoms with Crippen molar-refractivity contribution in [3.63, 3.8) is 0 Å². The SMILES string of the molecule is CCOC(=O)c1c(N)sc2c1C(C)CC2(C)C.